The summed E-state index contributed by atoms with van der Waals surface area (Å²) in [6.45, 7) is 4.05. The second-order valence-electron chi connectivity index (χ2n) is 11.7. The summed E-state index contributed by atoms with van der Waals surface area (Å²) >= 11 is 0. The van der Waals surface area contributed by atoms with E-state index in [2.05, 4.69) is 11.8 Å². The van der Waals surface area contributed by atoms with E-state index >= 15 is 0 Å². The molecular formula is C24H39NO7. The lowest BCUT2D eigenvalue weighted by molar-refractivity contribution is -0.317. The van der Waals surface area contributed by atoms with Gasteiger partial charge in [0, 0.05) is 62.9 Å². The van der Waals surface area contributed by atoms with Crippen LogP contribution in [0, 0.1) is 34.5 Å². The first-order valence-electron chi connectivity index (χ1n) is 12.3. The molecular weight excluding hydrogens is 414 g/mol. The number of likely N-dealkylation sites (tertiary alicyclic amines) is 1. The summed E-state index contributed by atoms with van der Waals surface area (Å²) in [5, 5.41) is 48.5. The Morgan fingerprint density at radius 2 is 1.84 bits per heavy atom. The zero-order chi connectivity index (χ0) is 22.8. The fourth-order valence-corrected chi connectivity index (χ4v) is 10.7. The summed E-state index contributed by atoms with van der Waals surface area (Å²) in [5.41, 5.74) is -4.15. The Kier molecular flexibility index (Phi) is 4.62. The van der Waals surface area contributed by atoms with Crippen LogP contribution in [0.1, 0.15) is 32.6 Å². The molecule has 0 radical (unpaired) electrons. The molecule has 1 saturated heterocycles. The summed E-state index contributed by atoms with van der Waals surface area (Å²) in [6.07, 6.45) is -0.0296. The molecule has 32 heavy (non-hydrogen) atoms. The van der Waals surface area contributed by atoms with Gasteiger partial charge in [-0.2, -0.15) is 0 Å². The van der Waals surface area contributed by atoms with E-state index in [1.807, 2.05) is 0 Å². The Hall–Kier alpha value is -0.320. The number of aliphatic hydroxyl groups excluding tert-OH is 2. The van der Waals surface area contributed by atoms with E-state index in [9.17, 15) is 20.4 Å². The van der Waals surface area contributed by atoms with Crippen LogP contribution in [0.3, 0.4) is 0 Å². The van der Waals surface area contributed by atoms with E-state index in [1.165, 1.54) is 0 Å². The van der Waals surface area contributed by atoms with Crippen molar-refractivity contribution in [2.45, 2.75) is 74.3 Å². The molecule has 8 heteroatoms. The number of methoxy groups -OCH3 is 3. The molecule has 5 unspecified atom stereocenters. The molecule has 0 amide bonds. The second kappa shape index (κ2) is 6.66. The molecule has 0 aromatic carbocycles. The van der Waals surface area contributed by atoms with Crippen LogP contribution in [-0.2, 0) is 14.2 Å². The molecule has 1 aliphatic heterocycles. The predicted molar refractivity (Wildman–Crippen MR) is 114 cm³/mol. The van der Waals surface area contributed by atoms with Gasteiger partial charge in [-0.25, -0.2) is 0 Å². The highest BCUT2D eigenvalue weighted by molar-refractivity contribution is 5.41. The van der Waals surface area contributed by atoms with Crippen LogP contribution in [0.4, 0.5) is 0 Å². The van der Waals surface area contributed by atoms with Crippen molar-refractivity contribution in [1.29, 1.82) is 0 Å². The molecule has 7 bridgehead atoms. The molecule has 6 fully saturated rings. The number of piperidine rings is 1. The predicted octanol–water partition coefficient (Wildman–Crippen LogP) is -0.383. The normalized spacial score (nSPS) is 62.4. The van der Waals surface area contributed by atoms with Crippen LogP contribution in [0.2, 0.25) is 0 Å². The largest absolute Gasteiger partial charge is 0.392 e. The fraction of sp³-hybridized carbons (Fsp3) is 1.00. The minimum Gasteiger partial charge on any atom is -0.392 e. The Balaban J connectivity index is 1.67. The monoisotopic (exact) mass is 453 g/mol. The smallest absolute Gasteiger partial charge is 0.136 e. The number of fused-ring (bicyclic) bond motifs is 2. The first-order valence-corrected chi connectivity index (χ1v) is 12.3. The van der Waals surface area contributed by atoms with Crippen LogP contribution < -0.4 is 0 Å². The molecule has 8 nitrogen and oxygen atoms in total. The zero-order valence-electron chi connectivity index (χ0n) is 19.6. The van der Waals surface area contributed by atoms with Crippen LogP contribution in [0.5, 0.6) is 0 Å². The van der Waals surface area contributed by atoms with Crippen LogP contribution in [0.25, 0.3) is 0 Å². The van der Waals surface area contributed by atoms with Crippen molar-refractivity contribution < 1.29 is 34.6 Å². The number of hydrogen-bond acceptors (Lipinski definition) is 8. The second-order valence-corrected chi connectivity index (χ2v) is 11.7. The Morgan fingerprint density at radius 3 is 2.47 bits per heavy atom. The third-order valence-electron chi connectivity index (χ3n) is 11.2. The summed E-state index contributed by atoms with van der Waals surface area (Å²) in [4.78, 5) is 2.28. The number of hydrogen-bond donors (Lipinski definition) is 4. The standard InChI is InChI=1S/C24H39NO7/c1-5-25-10-21(11-30-2)7-6-15(26)23-13-8-12-14(31-3)9-22(28,16(13)17(12)27)24(29,20(23)25)19(32-4)18(21)23/h12-20,26-29H,5-11H2,1-4H3/t12-,13-,14+,15?,16-,17?,18-,19+,20-,21+,22?,23?,24?/m1/s1. The van der Waals surface area contributed by atoms with Crippen molar-refractivity contribution in [3.63, 3.8) is 0 Å². The highest BCUT2D eigenvalue weighted by Gasteiger charge is 2.91. The first kappa shape index (κ1) is 22.2. The van der Waals surface area contributed by atoms with Gasteiger partial charge in [-0.3, -0.25) is 4.90 Å². The van der Waals surface area contributed by atoms with Gasteiger partial charge in [0.1, 0.15) is 11.2 Å². The van der Waals surface area contributed by atoms with Gasteiger partial charge in [-0.15, -0.1) is 0 Å². The lowest BCUT2D eigenvalue weighted by Crippen LogP contribution is -2.81. The number of likely N-dealkylation sites (N-methyl/N-ethyl adjacent to an activating group) is 1. The van der Waals surface area contributed by atoms with E-state index in [0.717, 1.165) is 13.0 Å². The van der Waals surface area contributed by atoms with Gasteiger partial charge in [0.15, 0.2) is 0 Å². The number of aliphatic hydroxyl groups is 4. The third kappa shape index (κ3) is 1.99. The lowest BCUT2D eigenvalue weighted by Gasteiger charge is -2.69. The van der Waals surface area contributed by atoms with Gasteiger partial charge in [0.2, 0.25) is 0 Å². The first-order chi connectivity index (χ1) is 15.2. The summed E-state index contributed by atoms with van der Waals surface area (Å²) in [7, 11) is 4.95. The molecule has 5 saturated carbocycles. The highest BCUT2D eigenvalue weighted by atomic mass is 16.5. The minimum atomic E-state index is -1.63. The lowest BCUT2D eigenvalue weighted by atomic mass is 9.42. The van der Waals surface area contributed by atoms with Crippen LogP contribution >= 0.6 is 0 Å². The van der Waals surface area contributed by atoms with Gasteiger partial charge in [0.25, 0.3) is 0 Å². The van der Waals surface area contributed by atoms with Gasteiger partial charge >= 0.3 is 0 Å². The van der Waals surface area contributed by atoms with E-state index in [4.69, 9.17) is 14.2 Å². The van der Waals surface area contributed by atoms with Crippen molar-refractivity contribution in [2.24, 2.45) is 34.5 Å². The van der Waals surface area contributed by atoms with Crippen molar-refractivity contribution in [2.75, 3.05) is 41.0 Å². The third-order valence-corrected chi connectivity index (χ3v) is 11.2. The zero-order valence-corrected chi connectivity index (χ0v) is 19.6. The molecule has 13 atom stereocenters. The Labute approximate surface area is 189 Å². The molecule has 6 rings (SSSR count). The SMILES string of the molecule is CCN1C[C@]2(COC)CCC(O)C34[C@@H]5C[C@H]6C(O)[C@@H]5C(O)(C[C@@H]6OC)C(O)([C@H]13)[C@@H](OC)[C@@H]42. The quantitative estimate of drug-likeness (QED) is 0.446. The maximum absolute atomic E-state index is 12.8. The van der Waals surface area contributed by atoms with Crippen molar-refractivity contribution >= 4 is 0 Å². The number of nitrogens with zero attached hydrogens (tertiary/aromatic N) is 1. The molecule has 4 N–H and O–H groups in total. The van der Waals surface area contributed by atoms with Gasteiger partial charge in [-0.05, 0) is 31.7 Å². The summed E-state index contributed by atoms with van der Waals surface area (Å²) in [5.74, 6) is -0.889. The van der Waals surface area contributed by atoms with Gasteiger partial charge in [0.05, 0.1) is 37.1 Å². The average molecular weight is 454 g/mol. The van der Waals surface area contributed by atoms with E-state index < -0.39 is 46.9 Å². The maximum Gasteiger partial charge on any atom is 0.136 e. The van der Waals surface area contributed by atoms with Crippen LogP contribution in [0.15, 0.2) is 0 Å². The molecule has 5 aliphatic carbocycles. The molecule has 1 heterocycles. The average Bonchev–Trinajstić information content (AvgIpc) is 3.14. The topological polar surface area (TPSA) is 112 Å². The van der Waals surface area contributed by atoms with E-state index in [-0.39, 0.29) is 35.7 Å². The molecule has 0 aromatic heterocycles. The van der Waals surface area contributed by atoms with Crippen molar-refractivity contribution in [3.05, 3.63) is 0 Å². The summed E-state index contributed by atoms with van der Waals surface area (Å²) in [6, 6.07) is -0.442. The molecule has 1 spiro atoms. The fourth-order valence-electron chi connectivity index (χ4n) is 10.7. The van der Waals surface area contributed by atoms with Gasteiger partial charge < -0.3 is 34.6 Å². The molecule has 0 aromatic rings. The number of ether oxygens (including phenoxy) is 3. The van der Waals surface area contributed by atoms with E-state index in [1.54, 1.807) is 21.3 Å². The maximum atomic E-state index is 12.8. The number of rotatable bonds is 5. The van der Waals surface area contributed by atoms with Crippen molar-refractivity contribution in [1.82, 2.24) is 4.90 Å². The highest BCUT2D eigenvalue weighted by Crippen LogP contribution is 2.80. The Morgan fingerprint density at radius 1 is 1.09 bits per heavy atom. The molecule has 6 aliphatic rings. The van der Waals surface area contributed by atoms with E-state index in [0.29, 0.717) is 26.0 Å². The Bertz CT molecular complexity index is 798. The van der Waals surface area contributed by atoms with Gasteiger partial charge in [-0.1, -0.05) is 6.92 Å². The summed E-state index contributed by atoms with van der Waals surface area (Å²) < 4.78 is 17.7. The minimum absolute atomic E-state index is 0.102. The van der Waals surface area contributed by atoms with Crippen LogP contribution in [-0.4, -0.2) is 108 Å². The van der Waals surface area contributed by atoms with Crippen molar-refractivity contribution in [3.8, 4) is 0 Å². The molecule has 182 valence electrons.